The van der Waals surface area contributed by atoms with Crippen LogP contribution in [-0.4, -0.2) is 35.6 Å². The molecule has 0 spiro atoms. The van der Waals surface area contributed by atoms with Crippen LogP contribution in [0.2, 0.25) is 0 Å². The van der Waals surface area contributed by atoms with E-state index in [-0.39, 0.29) is 19.3 Å². The number of aliphatic hydroxyl groups is 2. The minimum Gasteiger partial charge on any atom is -0.494 e. The van der Waals surface area contributed by atoms with Crippen LogP contribution in [0.15, 0.2) is 24.3 Å². The Morgan fingerprint density at radius 2 is 1.78 bits per heavy atom. The summed E-state index contributed by atoms with van der Waals surface area (Å²) >= 11 is 0. The second-order valence-electron chi connectivity index (χ2n) is 4.74. The Labute approximate surface area is 109 Å². The molecule has 0 fully saturated rings. The molecule has 0 aliphatic heterocycles. The summed E-state index contributed by atoms with van der Waals surface area (Å²) in [6.07, 6.45) is 0. The fourth-order valence-electron chi connectivity index (χ4n) is 1.77. The molecular formula is C14H23NO3. The van der Waals surface area contributed by atoms with Gasteiger partial charge in [-0.05, 0) is 38.5 Å². The lowest BCUT2D eigenvalue weighted by molar-refractivity contribution is 0.0957. The van der Waals surface area contributed by atoms with Gasteiger partial charge in [-0.3, -0.25) is 0 Å². The van der Waals surface area contributed by atoms with E-state index in [0.29, 0.717) is 6.61 Å². The lowest BCUT2D eigenvalue weighted by atomic mass is 10.0. The van der Waals surface area contributed by atoms with Crippen molar-refractivity contribution < 1.29 is 14.9 Å². The molecule has 0 saturated heterocycles. The van der Waals surface area contributed by atoms with Gasteiger partial charge in [0.05, 0.1) is 25.4 Å². The molecule has 0 bridgehead atoms. The summed E-state index contributed by atoms with van der Waals surface area (Å²) in [6.45, 7) is 6.18. The van der Waals surface area contributed by atoms with Crippen LogP contribution in [0.4, 0.5) is 0 Å². The number of aliphatic hydroxyl groups excluding tert-OH is 2. The third kappa shape index (κ3) is 3.98. The van der Waals surface area contributed by atoms with Gasteiger partial charge in [0.15, 0.2) is 0 Å². The molecule has 1 aromatic carbocycles. The van der Waals surface area contributed by atoms with Gasteiger partial charge in [-0.1, -0.05) is 12.1 Å². The number of rotatable bonds is 7. The molecule has 1 rings (SSSR count). The van der Waals surface area contributed by atoms with Crippen molar-refractivity contribution >= 4 is 0 Å². The summed E-state index contributed by atoms with van der Waals surface area (Å²) in [7, 11) is 0. The summed E-state index contributed by atoms with van der Waals surface area (Å²) in [5.41, 5.74) is 0.421. The predicted octanol–water partition coefficient (Wildman–Crippen LogP) is 1.48. The molecule has 0 saturated carbocycles. The standard InChI is InChI=1S/C14H23NO3/c1-4-18-13-7-5-12(6-8-13)11(2)15-14(3,9-16)10-17/h5-8,11,15-17H,4,9-10H2,1-3H3. The van der Waals surface area contributed by atoms with Gasteiger partial charge in [0.1, 0.15) is 5.75 Å². The van der Waals surface area contributed by atoms with Gasteiger partial charge in [0, 0.05) is 6.04 Å². The predicted molar refractivity (Wildman–Crippen MR) is 71.7 cm³/mol. The lowest BCUT2D eigenvalue weighted by Gasteiger charge is -2.30. The van der Waals surface area contributed by atoms with E-state index >= 15 is 0 Å². The van der Waals surface area contributed by atoms with Crippen molar-refractivity contribution in [3.05, 3.63) is 29.8 Å². The van der Waals surface area contributed by atoms with E-state index in [1.165, 1.54) is 0 Å². The summed E-state index contributed by atoms with van der Waals surface area (Å²) in [6, 6.07) is 7.86. The van der Waals surface area contributed by atoms with Crippen molar-refractivity contribution in [1.82, 2.24) is 5.32 Å². The molecule has 4 heteroatoms. The van der Waals surface area contributed by atoms with E-state index in [1.54, 1.807) is 6.92 Å². The van der Waals surface area contributed by atoms with E-state index in [2.05, 4.69) is 5.32 Å². The first-order valence-electron chi connectivity index (χ1n) is 6.27. The number of benzene rings is 1. The molecule has 0 aliphatic carbocycles. The highest BCUT2D eigenvalue weighted by Crippen LogP contribution is 2.19. The first-order chi connectivity index (χ1) is 8.54. The molecule has 0 heterocycles. The average Bonchev–Trinajstić information content (AvgIpc) is 2.39. The van der Waals surface area contributed by atoms with Gasteiger partial charge in [0.25, 0.3) is 0 Å². The number of nitrogens with one attached hydrogen (secondary N) is 1. The Morgan fingerprint density at radius 3 is 2.22 bits per heavy atom. The fraction of sp³-hybridized carbons (Fsp3) is 0.571. The van der Waals surface area contributed by atoms with Gasteiger partial charge < -0.3 is 20.3 Å². The van der Waals surface area contributed by atoms with Crippen LogP contribution in [0.1, 0.15) is 32.4 Å². The Balaban J connectivity index is 2.69. The first-order valence-corrected chi connectivity index (χ1v) is 6.27. The fourth-order valence-corrected chi connectivity index (χ4v) is 1.77. The normalized spacial score (nSPS) is 13.4. The van der Waals surface area contributed by atoms with E-state index in [0.717, 1.165) is 11.3 Å². The molecule has 3 N–H and O–H groups in total. The Hall–Kier alpha value is -1.10. The summed E-state index contributed by atoms with van der Waals surface area (Å²) in [5.74, 6) is 0.848. The molecule has 4 nitrogen and oxygen atoms in total. The third-order valence-corrected chi connectivity index (χ3v) is 2.95. The van der Waals surface area contributed by atoms with Gasteiger partial charge >= 0.3 is 0 Å². The minimum absolute atomic E-state index is 0.0463. The van der Waals surface area contributed by atoms with Crippen LogP contribution >= 0.6 is 0 Å². The molecule has 1 unspecified atom stereocenters. The van der Waals surface area contributed by atoms with Crippen LogP contribution in [-0.2, 0) is 0 Å². The smallest absolute Gasteiger partial charge is 0.119 e. The van der Waals surface area contributed by atoms with Gasteiger partial charge in [-0.2, -0.15) is 0 Å². The minimum atomic E-state index is -0.669. The van der Waals surface area contributed by atoms with Crippen molar-refractivity contribution in [3.8, 4) is 5.75 Å². The molecule has 0 aromatic heterocycles. The molecule has 0 radical (unpaired) electrons. The maximum Gasteiger partial charge on any atom is 0.119 e. The Bertz CT molecular complexity index is 347. The van der Waals surface area contributed by atoms with Gasteiger partial charge in [-0.15, -0.1) is 0 Å². The zero-order valence-corrected chi connectivity index (χ0v) is 11.3. The second-order valence-corrected chi connectivity index (χ2v) is 4.74. The SMILES string of the molecule is CCOc1ccc(C(C)NC(C)(CO)CO)cc1. The number of hydrogen-bond acceptors (Lipinski definition) is 4. The number of ether oxygens (including phenoxy) is 1. The third-order valence-electron chi connectivity index (χ3n) is 2.95. The quantitative estimate of drug-likeness (QED) is 0.689. The Morgan fingerprint density at radius 1 is 1.22 bits per heavy atom. The zero-order valence-electron chi connectivity index (χ0n) is 11.3. The van der Waals surface area contributed by atoms with Crippen molar-refractivity contribution in [2.24, 2.45) is 0 Å². The van der Waals surface area contributed by atoms with Gasteiger partial charge in [0.2, 0.25) is 0 Å². The summed E-state index contributed by atoms with van der Waals surface area (Å²) in [4.78, 5) is 0. The van der Waals surface area contributed by atoms with Crippen molar-refractivity contribution in [2.45, 2.75) is 32.4 Å². The van der Waals surface area contributed by atoms with E-state index in [4.69, 9.17) is 4.74 Å². The number of hydrogen-bond donors (Lipinski definition) is 3. The van der Waals surface area contributed by atoms with Crippen molar-refractivity contribution in [2.75, 3.05) is 19.8 Å². The maximum atomic E-state index is 9.25. The molecular weight excluding hydrogens is 230 g/mol. The van der Waals surface area contributed by atoms with Gasteiger partial charge in [-0.25, -0.2) is 0 Å². The highest BCUT2D eigenvalue weighted by Gasteiger charge is 2.24. The van der Waals surface area contributed by atoms with E-state index < -0.39 is 5.54 Å². The largest absolute Gasteiger partial charge is 0.494 e. The maximum absolute atomic E-state index is 9.25. The van der Waals surface area contributed by atoms with Crippen LogP contribution in [0.25, 0.3) is 0 Å². The lowest BCUT2D eigenvalue weighted by Crippen LogP contribution is -2.49. The second kappa shape index (κ2) is 6.73. The molecule has 0 aliphatic rings. The van der Waals surface area contributed by atoms with E-state index in [1.807, 2.05) is 38.1 Å². The molecule has 102 valence electrons. The highest BCUT2D eigenvalue weighted by molar-refractivity contribution is 5.29. The molecule has 1 aromatic rings. The van der Waals surface area contributed by atoms with E-state index in [9.17, 15) is 10.2 Å². The highest BCUT2D eigenvalue weighted by atomic mass is 16.5. The summed E-state index contributed by atoms with van der Waals surface area (Å²) < 4.78 is 5.38. The zero-order chi connectivity index (χ0) is 13.6. The van der Waals surface area contributed by atoms with Crippen LogP contribution in [0, 0.1) is 0 Å². The molecule has 18 heavy (non-hydrogen) atoms. The van der Waals surface area contributed by atoms with Crippen molar-refractivity contribution in [1.29, 1.82) is 0 Å². The topological polar surface area (TPSA) is 61.7 Å². The van der Waals surface area contributed by atoms with Crippen molar-refractivity contribution in [3.63, 3.8) is 0 Å². The molecule has 0 amide bonds. The van der Waals surface area contributed by atoms with Crippen LogP contribution < -0.4 is 10.1 Å². The average molecular weight is 253 g/mol. The molecule has 1 atom stereocenters. The Kier molecular flexibility index (Phi) is 5.59. The monoisotopic (exact) mass is 253 g/mol. The first kappa shape index (κ1) is 15.0. The van der Waals surface area contributed by atoms with Crippen LogP contribution in [0.5, 0.6) is 5.75 Å². The summed E-state index contributed by atoms with van der Waals surface area (Å²) in [5, 5.41) is 21.7. The van der Waals surface area contributed by atoms with Crippen LogP contribution in [0.3, 0.4) is 0 Å².